The molecule has 0 bridgehead atoms. The molecule has 0 atom stereocenters. The lowest BCUT2D eigenvalue weighted by Gasteiger charge is -2.35. The maximum Gasteiger partial charge on any atom is 0.0604 e. The molecule has 112 valence electrons. The second-order valence-corrected chi connectivity index (χ2v) is 5.47. The molecule has 1 fully saturated rings. The molecule has 0 amide bonds. The van der Waals surface area contributed by atoms with Crippen molar-refractivity contribution in [2.45, 2.75) is 52.3 Å². The molecule has 20 heavy (non-hydrogen) atoms. The van der Waals surface area contributed by atoms with Gasteiger partial charge < -0.3 is 15.0 Å². The van der Waals surface area contributed by atoms with Crippen molar-refractivity contribution in [3.8, 4) is 0 Å². The molecular weight excluding hydrogens is 248 g/mol. The Hall–Kier alpha value is -1.06. The maximum atomic E-state index is 5.58. The minimum absolute atomic E-state index is 0.488. The van der Waals surface area contributed by atoms with Crippen molar-refractivity contribution >= 4 is 5.69 Å². The van der Waals surface area contributed by atoms with E-state index in [0.717, 1.165) is 39.1 Å². The summed E-state index contributed by atoms with van der Waals surface area (Å²) in [5.41, 5.74) is 2.68. The van der Waals surface area contributed by atoms with Crippen LogP contribution < -0.4 is 10.2 Å². The summed E-state index contributed by atoms with van der Waals surface area (Å²) in [6.45, 7) is 10.4. The topological polar surface area (TPSA) is 24.5 Å². The van der Waals surface area contributed by atoms with Gasteiger partial charge in [-0.2, -0.15) is 0 Å². The number of rotatable bonds is 8. The van der Waals surface area contributed by atoms with Gasteiger partial charge >= 0.3 is 0 Å². The van der Waals surface area contributed by atoms with E-state index in [9.17, 15) is 0 Å². The van der Waals surface area contributed by atoms with Crippen molar-refractivity contribution in [3.05, 3.63) is 29.8 Å². The largest absolute Gasteiger partial charge is 0.378 e. The summed E-state index contributed by atoms with van der Waals surface area (Å²) in [7, 11) is 0. The van der Waals surface area contributed by atoms with Crippen molar-refractivity contribution in [2.75, 3.05) is 24.6 Å². The van der Waals surface area contributed by atoms with E-state index in [0.29, 0.717) is 12.1 Å². The summed E-state index contributed by atoms with van der Waals surface area (Å²) < 4.78 is 5.58. The first-order valence-corrected chi connectivity index (χ1v) is 7.95. The Morgan fingerprint density at radius 2 is 1.75 bits per heavy atom. The van der Waals surface area contributed by atoms with Gasteiger partial charge in [0.25, 0.3) is 0 Å². The zero-order valence-corrected chi connectivity index (χ0v) is 13.1. The van der Waals surface area contributed by atoms with Crippen LogP contribution in [0.3, 0.4) is 0 Å². The van der Waals surface area contributed by atoms with Crippen LogP contribution >= 0.6 is 0 Å². The van der Waals surface area contributed by atoms with Gasteiger partial charge in [-0.25, -0.2) is 0 Å². The van der Waals surface area contributed by atoms with Crippen LogP contribution in [0.25, 0.3) is 0 Å². The molecule has 2 rings (SSSR count). The average molecular weight is 276 g/mol. The van der Waals surface area contributed by atoms with Crippen LogP contribution in [0.2, 0.25) is 0 Å². The van der Waals surface area contributed by atoms with Gasteiger partial charge in [-0.15, -0.1) is 0 Å². The molecule has 0 radical (unpaired) electrons. The first kappa shape index (κ1) is 15.3. The Morgan fingerprint density at radius 3 is 2.30 bits per heavy atom. The number of anilines is 1. The van der Waals surface area contributed by atoms with Crippen LogP contribution in [-0.4, -0.2) is 31.8 Å². The summed E-state index contributed by atoms with van der Waals surface area (Å²) in [4.78, 5) is 2.37. The van der Waals surface area contributed by atoms with Gasteiger partial charge in [-0.05, 0) is 51.3 Å². The van der Waals surface area contributed by atoms with Crippen molar-refractivity contribution in [1.82, 2.24) is 5.32 Å². The molecule has 0 aromatic heterocycles. The zero-order valence-electron chi connectivity index (χ0n) is 13.1. The van der Waals surface area contributed by atoms with Gasteiger partial charge in [0.2, 0.25) is 0 Å². The molecule has 1 aliphatic rings. The highest BCUT2D eigenvalue weighted by Gasteiger charge is 2.28. The van der Waals surface area contributed by atoms with Gasteiger partial charge in [-0.3, -0.25) is 0 Å². The molecule has 3 heteroatoms. The Bertz CT molecular complexity index is 380. The van der Waals surface area contributed by atoms with E-state index in [4.69, 9.17) is 4.74 Å². The second-order valence-electron chi connectivity index (χ2n) is 5.47. The van der Waals surface area contributed by atoms with Crippen LogP contribution in [0.5, 0.6) is 0 Å². The highest BCUT2D eigenvalue weighted by Crippen LogP contribution is 2.23. The van der Waals surface area contributed by atoms with Crippen LogP contribution in [0.4, 0.5) is 5.69 Å². The fourth-order valence-corrected chi connectivity index (χ4v) is 2.78. The lowest BCUT2D eigenvalue weighted by molar-refractivity contribution is -0.0102. The van der Waals surface area contributed by atoms with Gasteiger partial charge in [0, 0.05) is 38.0 Å². The normalized spacial score (nSPS) is 21.6. The molecule has 1 N–H and O–H groups in total. The van der Waals surface area contributed by atoms with Gasteiger partial charge in [0.15, 0.2) is 0 Å². The molecule has 0 unspecified atom stereocenters. The smallest absolute Gasteiger partial charge is 0.0604 e. The number of nitrogens with one attached hydrogen (secondary N) is 1. The zero-order chi connectivity index (χ0) is 14.4. The third-order valence-corrected chi connectivity index (χ3v) is 4.16. The average Bonchev–Trinajstić information content (AvgIpc) is 2.44. The Balaban J connectivity index is 1.74. The van der Waals surface area contributed by atoms with E-state index >= 15 is 0 Å². The quantitative estimate of drug-likeness (QED) is 0.789. The molecule has 1 aromatic rings. The Morgan fingerprint density at radius 1 is 1.10 bits per heavy atom. The summed E-state index contributed by atoms with van der Waals surface area (Å²) in [5.74, 6) is 0. The van der Waals surface area contributed by atoms with Crippen molar-refractivity contribution in [2.24, 2.45) is 0 Å². The van der Waals surface area contributed by atoms with Crippen molar-refractivity contribution in [3.63, 3.8) is 0 Å². The molecular formula is C17H28N2O. The number of benzene rings is 1. The monoisotopic (exact) mass is 276 g/mol. The second kappa shape index (κ2) is 7.65. The molecule has 1 saturated carbocycles. The summed E-state index contributed by atoms with van der Waals surface area (Å²) >= 11 is 0. The van der Waals surface area contributed by atoms with Gasteiger partial charge in [-0.1, -0.05) is 12.1 Å². The predicted molar refractivity (Wildman–Crippen MR) is 85.3 cm³/mol. The van der Waals surface area contributed by atoms with E-state index in [-0.39, 0.29) is 0 Å². The van der Waals surface area contributed by atoms with Crippen LogP contribution in [-0.2, 0) is 11.3 Å². The summed E-state index contributed by atoms with van der Waals surface area (Å²) in [6.07, 6.45) is 2.80. The van der Waals surface area contributed by atoms with Crippen molar-refractivity contribution < 1.29 is 4.74 Å². The SMILES string of the molecule is CCOC1CC(NCc2ccc(N(CC)CC)cc2)C1. The Labute approximate surface area is 123 Å². The number of hydrogen-bond acceptors (Lipinski definition) is 3. The lowest BCUT2D eigenvalue weighted by atomic mass is 9.89. The first-order chi connectivity index (χ1) is 9.76. The number of nitrogens with zero attached hydrogens (tertiary/aromatic N) is 1. The van der Waals surface area contributed by atoms with E-state index in [1.54, 1.807) is 0 Å². The van der Waals surface area contributed by atoms with Crippen LogP contribution in [0.15, 0.2) is 24.3 Å². The van der Waals surface area contributed by atoms with E-state index in [1.807, 2.05) is 0 Å². The third-order valence-electron chi connectivity index (χ3n) is 4.16. The van der Waals surface area contributed by atoms with E-state index < -0.39 is 0 Å². The molecule has 0 spiro atoms. The lowest BCUT2D eigenvalue weighted by Crippen LogP contribution is -2.45. The number of ether oxygens (including phenoxy) is 1. The number of hydrogen-bond donors (Lipinski definition) is 1. The minimum Gasteiger partial charge on any atom is -0.378 e. The maximum absolute atomic E-state index is 5.58. The van der Waals surface area contributed by atoms with E-state index in [1.165, 1.54) is 11.3 Å². The highest BCUT2D eigenvalue weighted by molar-refractivity contribution is 5.47. The summed E-state index contributed by atoms with van der Waals surface area (Å²) in [5, 5.41) is 3.61. The molecule has 1 aromatic carbocycles. The van der Waals surface area contributed by atoms with E-state index in [2.05, 4.69) is 55.3 Å². The fourth-order valence-electron chi connectivity index (χ4n) is 2.78. The standard InChI is InChI=1S/C17H28N2O/c1-4-19(5-2)16-9-7-14(8-10-16)13-18-15-11-17(12-15)20-6-3/h7-10,15,17-18H,4-6,11-13H2,1-3H3. The van der Waals surface area contributed by atoms with Crippen molar-refractivity contribution in [1.29, 1.82) is 0 Å². The van der Waals surface area contributed by atoms with Crippen LogP contribution in [0.1, 0.15) is 39.2 Å². The molecule has 0 heterocycles. The molecule has 1 aliphatic carbocycles. The Kier molecular flexibility index (Phi) is 5.86. The third kappa shape index (κ3) is 3.97. The molecule has 0 aliphatic heterocycles. The molecule has 3 nitrogen and oxygen atoms in total. The van der Waals surface area contributed by atoms with Crippen LogP contribution in [0, 0.1) is 0 Å². The predicted octanol–water partition coefficient (Wildman–Crippen LogP) is 3.19. The minimum atomic E-state index is 0.488. The fraction of sp³-hybridized carbons (Fsp3) is 0.647. The first-order valence-electron chi connectivity index (χ1n) is 7.95. The molecule has 0 saturated heterocycles. The van der Waals surface area contributed by atoms with Gasteiger partial charge in [0.05, 0.1) is 6.10 Å². The summed E-state index contributed by atoms with van der Waals surface area (Å²) in [6, 6.07) is 9.56. The highest BCUT2D eigenvalue weighted by atomic mass is 16.5. The van der Waals surface area contributed by atoms with Gasteiger partial charge in [0.1, 0.15) is 0 Å².